The van der Waals surface area contributed by atoms with Crippen molar-refractivity contribution in [1.29, 1.82) is 0 Å². The predicted molar refractivity (Wildman–Crippen MR) is 99.4 cm³/mol. The third-order valence-electron chi connectivity index (χ3n) is 4.47. The summed E-state index contributed by atoms with van der Waals surface area (Å²) in [6, 6.07) is -2.27. The molecule has 0 bridgehead atoms. The number of carbonyl (C=O) groups is 1. The van der Waals surface area contributed by atoms with E-state index in [1.807, 2.05) is 0 Å². The lowest BCUT2D eigenvalue weighted by molar-refractivity contribution is -0.618. The van der Waals surface area contributed by atoms with Gasteiger partial charge in [-0.3, -0.25) is 20.2 Å². The van der Waals surface area contributed by atoms with Crippen molar-refractivity contribution < 1.29 is 19.7 Å². The van der Waals surface area contributed by atoms with Gasteiger partial charge in [0, 0.05) is 28.8 Å². The molecule has 0 saturated carbocycles. The zero-order chi connectivity index (χ0) is 19.8. The number of nitrogens with zero attached hydrogens (tertiary/aromatic N) is 2. The number of unbranched alkanes of at least 4 members (excludes halogenated alkanes) is 8. The van der Waals surface area contributed by atoms with Crippen LogP contribution in [0.4, 0.5) is 0 Å². The van der Waals surface area contributed by atoms with Crippen LogP contribution in [0.25, 0.3) is 0 Å². The minimum Gasteiger partial charge on any atom is -0.478 e. The molecule has 2 atom stereocenters. The standard InChI is InChI=1S/C18H32N2O6/c1-2-3-4-5-7-10-13-16(19(23)24)17(20(25)26)14-11-8-6-9-12-15-18(21)22/h12,15-17H,2-11,13-14H2,1H3,(H,21,22). The smallest absolute Gasteiger partial charge is 0.327 e. The molecule has 0 radical (unpaired) electrons. The Hall–Kier alpha value is -1.99. The molecule has 8 heteroatoms. The first kappa shape index (κ1) is 24.0. The third-order valence-corrected chi connectivity index (χ3v) is 4.47. The first-order valence-corrected chi connectivity index (χ1v) is 9.56. The third kappa shape index (κ3) is 12.4. The predicted octanol–water partition coefficient (Wildman–Crippen LogP) is 4.62. The summed E-state index contributed by atoms with van der Waals surface area (Å²) in [6.07, 6.45) is 11.5. The quantitative estimate of drug-likeness (QED) is 0.172. The van der Waals surface area contributed by atoms with E-state index in [-0.39, 0.29) is 12.8 Å². The molecule has 0 saturated heterocycles. The molecule has 0 aromatic carbocycles. The average molecular weight is 372 g/mol. The molecule has 0 aromatic rings. The number of hydrogen-bond donors (Lipinski definition) is 1. The van der Waals surface area contributed by atoms with Crippen LogP contribution in [0.15, 0.2) is 12.2 Å². The van der Waals surface area contributed by atoms with Gasteiger partial charge in [0.25, 0.3) is 12.1 Å². The summed E-state index contributed by atoms with van der Waals surface area (Å²) in [6.45, 7) is 2.12. The molecule has 2 unspecified atom stereocenters. The minimum atomic E-state index is -1.14. The highest BCUT2D eigenvalue weighted by molar-refractivity contribution is 5.79. The van der Waals surface area contributed by atoms with Gasteiger partial charge in [0.1, 0.15) is 0 Å². The Morgan fingerprint density at radius 3 is 1.81 bits per heavy atom. The summed E-state index contributed by atoms with van der Waals surface area (Å²) < 4.78 is 0. The van der Waals surface area contributed by atoms with Crippen LogP contribution < -0.4 is 0 Å². The molecule has 0 aliphatic carbocycles. The molecule has 0 aromatic heterocycles. The van der Waals surface area contributed by atoms with E-state index in [0.717, 1.165) is 44.6 Å². The number of carboxylic acids is 1. The molecule has 0 aliphatic heterocycles. The van der Waals surface area contributed by atoms with Crippen LogP contribution in [0.5, 0.6) is 0 Å². The molecule has 0 rings (SSSR count). The maximum absolute atomic E-state index is 11.3. The maximum Gasteiger partial charge on any atom is 0.327 e. The Bertz CT molecular complexity index is 453. The number of aliphatic carboxylic acids is 1. The Labute approximate surface area is 155 Å². The lowest BCUT2D eigenvalue weighted by Gasteiger charge is -2.14. The largest absolute Gasteiger partial charge is 0.478 e. The van der Waals surface area contributed by atoms with Crippen molar-refractivity contribution in [3.05, 3.63) is 32.4 Å². The van der Waals surface area contributed by atoms with Gasteiger partial charge in [-0.2, -0.15) is 0 Å². The lowest BCUT2D eigenvalue weighted by atomic mass is 9.96. The molecule has 0 amide bonds. The van der Waals surface area contributed by atoms with Crippen molar-refractivity contribution in [1.82, 2.24) is 0 Å². The second kappa shape index (κ2) is 15.3. The fourth-order valence-electron chi connectivity index (χ4n) is 2.99. The molecule has 0 heterocycles. The molecular weight excluding hydrogens is 340 g/mol. The van der Waals surface area contributed by atoms with E-state index in [9.17, 15) is 25.0 Å². The van der Waals surface area contributed by atoms with Crippen LogP contribution in [-0.2, 0) is 4.79 Å². The summed E-state index contributed by atoms with van der Waals surface area (Å²) in [7, 11) is 0. The van der Waals surface area contributed by atoms with Crippen LogP contribution in [0.1, 0.15) is 84.0 Å². The number of hydrogen-bond acceptors (Lipinski definition) is 5. The fraction of sp³-hybridized carbons (Fsp3) is 0.833. The highest BCUT2D eigenvalue weighted by atomic mass is 16.6. The summed E-state index contributed by atoms with van der Waals surface area (Å²) >= 11 is 0. The van der Waals surface area contributed by atoms with Crippen molar-refractivity contribution in [2.75, 3.05) is 0 Å². The zero-order valence-corrected chi connectivity index (χ0v) is 15.7. The minimum absolute atomic E-state index is 0.192. The lowest BCUT2D eigenvalue weighted by Crippen LogP contribution is -2.39. The molecule has 150 valence electrons. The average Bonchev–Trinajstić information content (AvgIpc) is 2.57. The van der Waals surface area contributed by atoms with Crippen LogP contribution in [-0.4, -0.2) is 33.0 Å². The van der Waals surface area contributed by atoms with Gasteiger partial charge in [0.05, 0.1) is 0 Å². The van der Waals surface area contributed by atoms with E-state index in [1.165, 1.54) is 0 Å². The first-order valence-electron chi connectivity index (χ1n) is 9.56. The van der Waals surface area contributed by atoms with Gasteiger partial charge in [0.15, 0.2) is 0 Å². The molecule has 8 nitrogen and oxygen atoms in total. The van der Waals surface area contributed by atoms with E-state index < -0.39 is 27.9 Å². The van der Waals surface area contributed by atoms with Gasteiger partial charge in [-0.25, -0.2) is 4.79 Å². The first-order chi connectivity index (χ1) is 12.4. The van der Waals surface area contributed by atoms with Gasteiger partial charge < -0.3 is 5.11 Å². The zero-order valence-electron chi connectivity index (χ0n) is 15.7. The molecule has 0 spiro atoms. The Morgan fingerprint density at radius 2 is 1.35 bits per heavy atom. The summed E-state index contributed by atoms with van der Waals surface area (Å²) in [4.78, 5) is 31.9. The number of rotatable bonds is 17. The summed E-state index contributed by atoms with van der Waals surface area (Å²) in [5.41, 5.74) is 0. The highest BCUT2D eigenvalue weighted by Crippen LogP contribution is 2.19. The number of carboxylic acid groups (broad SMARTS) is 1. The molecule has 26 heavy (non-hydrogen) atoms. The molecular formula is C18H32N2O6. The van der Waals surface area contributed by atoms with E-state index in [2.05, 4.69) is 6.92 Å². The Morgan fingerprint density at radius 1 is 0.885 bits per heavy atom. The van der Waals surface area contributed by atoms with Gasteiger partial charge in [0.2, 0.25) is 0 Å². The second-order valence-electron chi connectivity index (χ2n) is 6.64. The maximum atomic E-state index is 11.3. The van der Waals surface area contributed by atoms with Crippen molar-refractivity contribution >= 4 is 5.97 Å². The Balaban J connectivity index is 4.26. The molecule has 0 fully saturated rings. The monoisotopic (exact) mass is 372 g/mol. The van der Waals surface area contributed by atoms with Crippen molar-refractivity contribution in [3.63, 3.8) is 0 Å². The van der Waals surface area contributed by atoms with Crippen molar-refractivity contribution in [2.45, 2.75) is 96.1 Å². The fourth-order valence-corrected chi connectivity index (χ4v) is 2.99. The van der Waals surface area contributed by atoms with Crippen LogP contribution >= 0.6 is 0 Å². The van der Waals surface area contributed by atoms with Crippen LogP contribution in [0.3, 0.4) is 0 Å². The summed E-state index contributed by atoms with van der Waals surface area (Å²) in [5.74, 6) is -0.998. The van der Waals surface area contributed by atoms with Gasteiger partial charge in [-0.1, -0.05) is 51.5 Å². The molecule has 1 N–H and O–H groups in total. The van der Waals surface area contributed by atoms with Crippen LogP contribution in [0, 0.1) is 20.2 Å². The van der Waals surface area contributed by atoms with Gasteiger partial charge >= 0.3 is 5.97 Å². The van der Waals surface area contributed by atoms with E-state index in [4.69, 9.17) is 5.11 Å². The second-order valence-corrected chi connectivity index (χ2v) is 6.64. The normalized spacial score (nSPS) is 13.6. The Kier molecular flexibility index (Phi) is 14.1. The van der Waals surface area contributed by atoms with Gasteiger partial charge in [-0.05, 0) is 25.7 Å². The highest BCUT2D eigenvalue weighted by Gasteiger charge is 2.39. The van der Waals surface area contributed by atoms with E-state index in [1.54, 1.807) is 6.08 Å². The summed E-state index contributed by atoms with van der Waals surface area (Å²) in [5, 5.41) is 31.0. The topological polar surface area (TPSA) is 124 Å². The number of nitro groups is 2. The van der Waals surface area contributed by atoms with Crippen LogP contribution in [0.2, 0.25) is 0 Å². The molecule has 0 aliphatic rings. The van der Waals surface area contributed by atoms with Crippen molar-refractivity contribution in [3.8, 4) is 0 Å². The van der Waals surface area contributed by atoms with E-state index in [0.29, 0.717) is 25.7 Å². The SMILES string of the molecule is CCCCCCCCC(C(CCCCCC=CC(=O)O)[N+](=O)[O-])[N+](=O)[O-]. The van der Waals surface area contributed by atoms with Gasteiger partial charge in [-0.15, -0.1) is 0 Å². The van der Waals surface area contributed by atoms with E-state index >= 15 is 0 Å². The number of allylic oxidation sites excluding steroid dienone is 1. The van der Waals surface area contributed by atoms with Crippen molar-refractivity contribution in [2.24, 2.45) is 0 Å².